The first-order valence-corrected chi connectivity index (χ1v) is 6.30. The minimum absolute atomic E-state index is 0.463. The van der Waals surface area contributed by atoms with Crippen molar-refractivity contribution >= 4 is 5.71 Å². The predicted molar refractivity (Wildman–Crippen MR) is 75.3 cm³/mol. The van der Waals surface area contributed by atoms with Crippen molar-refractivity contribution in [1.82, 2.24) is 0 Å². The van der Waals surface area contributed by atoms with Crippen molar-refractivity contribution in [3.8, 4) is 11.1 Å². The average molecular weight is 253 g/mol. The Morgan fingerprint density at radius 3 is 1.84 bits per heavy atom. The summed E-state index contributed by atoms with van der Waals surface area (Å²) in [6.07, 6.45) is 0. The standard InChI is InChI=1S/C16H15NO2/c1-18-10-11-19-17-16-14-8-4-2-6-12(14)13-7-3-5-9-15(13)16/h2-9H,10-11H2,1H3. The maximum Gasteiger partial charge on any atom is 0.140 e. The highest BCUT2D eigenvalue weighted by molar-refractivity contribution is 6.24. The first-order valence-electron chi connectivity index (χ1n) is 6.30. The lowest BCUT2D eigenvalue weighted by Crippen LogP contribution is -2.03. The van der Waals surface area contributed by atoms with E-state index in [2.05, 4.69) is 29.4 Å². The van der Waals surface area contributed by atoms with Crippen molar-refractivity contribution in [3.05, 3.63) is 59.7 Å². The van der Waals surface area contributed by atoms with Crippen molar-refractivity contribution in [1.29, 1.82) is 0 Å². The summed E-state index contributed by atoms with van der Waals surface area (Å²) < 4.78 is 4.95. The largest absolute Gasteiger partial charge is 0.393 e. The summed E-state index contributed by atoms with van der Waals surface area (Å²) in [6.45, 7) is 1.00. The molecule has 3 heteroatoms. The van der Waals surface area contributed by atoms with Crippen LogP contribution in [0.4, 0.5) is 0 Å². The Hall–Kier alpha value is -2.13. The molecule has 0 aliphatic heterocycles. The third kappa shape index (κ3) is 2.13. The summed E-state index contributed by atoms with van der Waals surface area (Å²) in [5, 5.41) is 4.28. The molecule has 0 fully saturated rings. The van der Waals surface area contributed by atoms with Gasteiger partial charge in [0.2, 0.25) is 0 Å². The molecule has 0 saturated carbocycles. The summed E-state index contributed by atoms with van der Waals surface area (Å²) in [5.74, 6) is 0. The van der Waals surface area contributed by atoms with E-state index in [0.29, 0.717) is 13.2 Å². The Kier molecular flexibility index (Phi) is 3.29. The summed E-state index contributed by atoms with van der Waals surface area (Å²) >= 11 is 0. The second-order valence-corrected chi connectivity index (χ2v) is 4.36. The number of hydrogen-bond acceptors (Lipinski definition) is 3. The Bertz CT molecular complexity index is 572. The fourth-order valence-corrected chi connectivity index (χ4v) is 2.32. The van der Waals surface area contributed by atoms with Crippen LogP contribution in [-0.2, 0) is 9.57 Å². The molecule has 2 aromatic carbocycles. The topological polar surface area (TPSA) is 30.8 Å². The van der Waals surface area contributed by atoms with Crippen LogP contribution < -0.4 is 0 Å². The van der Waals surface area contributed by atoms with Crippen LogP contribution in [0.1, 0.15) is 11.1 Å². The van der Waals surface area contributed by atoms with E-state index in [1.165, 1.54) is 11.1 Å². The normalized spacial score (nSPS) is 11.9. The number of fused-ring (bicyclic) bond motifs is 3. The molecule has 2 aromatic rings. The summed E-state index contributed by atoms with van der Waals surface area (Å²) in [5.41, 5.74) is 5.59. The van der Waals surface area contributed by atoms with Crippen LogP contribution in [0.3, 0.4) is 0 Å². The molecule has 1 aliphatic carbocycles. The summed E-state index contributed by atoms with van der Waals surface area (Å²) in [4.78, 5) is 5.33. The molecule has 0 bridgehead atoms. The molecule has 0 aromatic heterocycles. The third-order valence-electron chi connectivity index (χ3n) is 3.19. The first kappa shape index (κ1) is 11.9. The number of nitrogens with zero attached hydrogens (tertiary/aromatic N) is 1. The molecule has 3 nitrogen and oxygen atoms in total. The van der Waals surface area contributed by atoms with Gasteiger partial charge in [0.15, 0.2) is 0 Å². The smallest absolute Gasteiger partial charge is 0.140 e. The molecule has 19 heavy (non-hydrogen) atoms. The van der Waals surface area contributed by atoms with Gasteiger partial charge in [-0.15, -0.1) is 0 Å². The number of rotatable bonds is 4. The van der Waals surface area contributed by atoms with Gasteiger partial charge in [0.05, 0.1) is 6.61 Å². The highest BCUT2D eigenvalue weighted by atomic mass is 16.6. The molecule has 0 amide bonds. The van der Waals surface area contributed by atoms with Gasteiger partial charge in [0.25, 0.3) is 0 Å². The van der Waals surface area contributed by atoms with Gasteiger partial charge in [-0.25, -0.2) is 0 Å². The number of oxime groups is 1. The van der Waals surface area contributed by atoms with E-state index in [4.69, 9.17) is 9.57 Å². The highest BCUT2D eigenvalue weighted by Crippen LogP contribution is 2.36. The van der Waals surface area contributed by atoms with E-state index in [9.17, 15) is 0 Å². The van der Waals surface area contributed by atoms with Crippen molar-refractivity contribution < 1.29 is 9.57 Å². The Morgan fingerprint density at radius 1 is 0.789 bits per heavy atom. The Morgan fingerprint density at radius 2 is 1.32 bits per heavy atom. The number of hydrogen-bond donors (Lipinski definition) is 0. The van der Waals surface area contributed by atoms with Crippen LogP contribution >= 0.6 is 0 Å². The molecule has 0 unspecified atom stereocenters. The molecule has 0 N–H and O–H groups in total. The van der Waals surface area contributed by atoms with Crippen molar-refractivity contribution in [3.63, 3.8) is 0 Å². The van der Waals surface area contributed by atoms with Gasteiger partial charge < -0.3 is 9.57 Å². The minimum Gasteiger partial charge on any atom is -0.393 e. The van der Waals surface area contributed by atoms with Gasteiger partial charge in [-0.1, -0.05) is 53.7 Å². The van der Waals surface area contributed by atoms with E-state index < -0.39 is 0 Å². The van der Waals surface area contributed by atoms with E-state index in [1.807, 2.05) is 24.3 Å². The van der Waals surface area contributed by atoms with Gasteiger partial charge in [-0.3, -0.25) is 0 Å². The fraction of sp³-hybridized carbons (Fsp3) is 0.188. The number of ether oxygens (including phenoxy) is 1. The predicted octanol–water partition coefficient (Wildman–Crippen LogP) is 3.08. The summed E-state index contributed by atoms with van der Waals surface area (Å²) in [6, 6.07) is 16.5. The zero-order valence-corrected chi connectivity index (χ0v) is 10.8. The second kappa shape index (κ2) is 5.24. The quantitative estimate of drug-likeness (QED) is 0.528. The van der Waals surface area contributed by atoms with Crippen molar-refractivity contribution in [2.45, 2.75) is 0 Å². The molecular weight excluding hydrogens is 238 g/mol. The molecule has 0 heterocycles. The van der Waals surface area contributed by atoms with Gasteiger partial charge in [0.1, 0.15) is 12.3 Å². The first-order chi connectivity index (χ1) is 9.42. The van der Waals surface area contributed by atoms with Crippen LogP contribution in [0.5, 0.6) is 0 Å². The van der Waals surface area contributed by atoms with E-state index in [-0.39, 0.29) is 0 Å². The molecular formula is C16H15NO2. The van der Waals surface area contributed by atoms with Crippen molar-refractivity contribution in [2.24, 2.45) is 5.16 Å². The molecule has 0 radical (unpaired) electrons. The number of benzene rings is 2. The highest BCUT2D eigenvalue weighted by Gasteiger charge is 2.24. The molecule has 3 rings (SSSR count). The average Bonchev–Trinajstić information content (AvgIpc) is 2.78. The van der Waals surface area contributed by atoms with Crippen LogP contribution in [-0.4, -0.2) is 26.0 Å². The maximum atomic E-state index is 5.33. The fourth-order valence-electron chi connectivity index (χ4n) is 2.32. The van der Waals surface area contributed by atoms with Gasteiger partial charge in [-0.2, -0.15) is 0 Å². The van der Waals surface area contributed by atoms with Gasteiger partial charge >= 0.3 is 0 Å². The van der Waals surface area contributed by atoms with Gasteiger partial charge in [0, 0.05) is 18.2 Å². The Balaban J connectivity index is 2.00. The minimum atomic E-state index is 0.463. The number of methoxy groups -OCH3 is 1. The van der Waals surface area contributed by atoms with E-state index in [1.54, 1.807) is 7.11 Å². The maximum absolute atomic E-state index is 5.33. The summed E-state index contributed by atoms with van der Waals surface area (Å²) in [7, 11) is 1.65. The van der Waals surface area contributed by atoms with Crippen LogP contribution in [0.2, 0.25) is 0 Å². The molecule has 0 atom stereocenters. The monoisotopic (exact) mass is 253 g/mol. The zero-order valence-electron chi connectivity index (χ0n) is 10.8. The van der Waals surface area contributed by atoms with Gasteiger partial charge in [-0.05, 0) is 11.1 Å². The molecule has 0 saturated heterocycles. The molecule has 1 aliphatic rings. The van der Waals surface area contributed by atoms with Crippen LogP contribution in [0, 0.1) is 0 Å². The lowest BCUT2D eigenvalue weighted by molar-refractivity contribution is 0.0753. The molecule has 96 valence electrons. The SMILES string of the molecule is COCCON=C1c2ccccc2-c2ccccc21. The lowest BCUT2D eigenvalue weighted by atomic mass is 10.1. The van der Waals surface area contributed by atoms with Crippen molar-refractivity contribution in [2.75, 3.05) is 20.3 Å². The van der Waals surface area contributed by atoms with Crippen LogP contribution in [0.15, 0.2) is 53.7 Å². The van der Waals surface area contributed by atoms with E-state index >= 15 is 0 Å². The second-order valence-electron chi connectivity index (χ2n) is 4.36. The zero-order chi connectivity index (χ0) is 13.1. The molecule has 0 spiro atoms. The Labute approximate surface area is 112 Å². The third-order valence-corrected chi connectivity index (χ3v) is 3.19. The van der Waals surface area contributed by atoms with E-state index in [0.717, 1.165) is 16.8 Å². The lowest BCUT2D eigenvalue weighted by Gasteiger charge is -2.02. The van der Waals surface area contributed by atoms with Crippen LogP contribution in [0.25, 0.3) is 11.1 Å².